The first-order valence-electron chi connectivity index (χ1n) is 8.23. The molecule has 0 bridgehead atoms. The van der Waals surface area contributed by atoms with E-state index >= 15 is 0 Å². The summed E-state index contributed by atoms with van der Waals surface area (Å²) in [5, 5.41) is 2.64. The van der Waals surface area contributed by atoms with Gasteiger partial charge in [-0.05, 0) is 43.5 Å². The number of carbonyl (C=O) groups excluding carboxylic acids is 2. The normalized spacial score (nSPS) is 11.0. The van der Waals surface area contributed by atoms with Crippen molar-refractivity contribution in [3.05, 3.63) is 65.7 Å². The van der Waals surface area contributed by atoms with Gasteiger partial charge in [0.15, 0.2) is 0 Å². The molecule has 0 atom stereocenters. The molecule has 0 radical (unpaired) electrons. The molecule has 0 saturated carbocycles. The topological polar surface area (TPSA) is 81.4 Å². The van der Waals surface area contributed by atoms with E-state index in [4.69, 9.17) is 10.5 Å². The second kappa shape index (κ2) is 8.33. The molecule has 0 fully saturated rings. The Balaban J connectivity index is 1.80. The molecule has 0 aliphatic carbocycles. The summed E-state index contributed by atoms with van der Waals surface area (Å²) in [5.41, 5.74) is 6.35. The molecule has 2 amide bonds. The number of rotatable bonds is 8. The van der Waals surface area contributed by atoms with E-state index in [1.54, 1.807) is 13.8 Å². The van der Waals surface area contributed by atoms with E-state index in [2.05, 4.69) is 5.32 Å². The number of aryl methyl sites for hydroxylation is 1. The van der Waals surface area contributed by atoms with Gasteiger partial charge >= 0.3 is 0 Å². The third-order valence-electron chi connectivity index (χ3n) is 3.88. The van der Waals surface area contributed by atoms with Crippen molar-refractivity contribution < 1.29 is 14.3 Å². The molecular weight excluding hydrogens is 316 g/mol. The third kappa shape index (κ3) is 5.95. The Hall–Kier alpha value is -2.82. The van der Waals surface area contributed by atoms with Crippen LogP contribution < -0.4 is 15.8 Å². The van der Waals surface area contributed by atoms with Gasteiger partial charge in [-0.2, -0.15) is 0 Å². The Bertz CT molecular complexity index is 709. The third-order valence-corrected chi connectivity index (χ3v) is 3.88. The van der Waals surface area contributed by atoms with Gasteiger partial charge in [0.1, 0.15) is 17.9 Å². The summed E-state index contributed by atoms with van der Waals surface area (Å²) in [7, 11) is 0. The smallest absolute Gasteiger partial charge is 0.242 e. The van der Waals surface area contributed by atoms with E-state index in [0.717, 1.165) is 16.9 Å². The zero-order valence-electron chi connectivity index (χ0n) is 14.6. The number of nitrogens with one attached hydrogen (secondary N) is 1. The second-order valence-electron chi connectivity index (χ2n) is 6.46. The molecule has 3 N–H and O–H groups in total. The van der Waals surface area contributed by atoms with Crippen molar-refractivity contribution in [3.63, 3.8) is 0 Å². The van der Waals surface area contributed by atoms with Gasteiger partial charge in [0.05, 0.1) is 0 Å². The van der Waals surface area contributed by atoms with Crippen LogP contribution >= 0.6 is 0 Å². The monoisotopic (exact) mass is 340 g/mol. The van der Waals surface area contributed by atoms with Crippen LogP contribution in [-0.4, -0.2) is 17.4 Å². The van der Waals surface area contributed by atoms with Crippen LogP contribution in [0, 0.1) is 0 Å². The molecule has 0 heterocycles. The lowest BCUT2D eigenvalue weighted by Crippen LogP contribution is -2.53. The van der Waals surface area contributed by atoms with E-state index in [1.165, 1.54) is 0 Å². The molecule has 0 spiro atoms. The maximum absolute atomic E-state index is 11.9. The van der Waals surface area contributed by atoms with Crippen LogP contribution in [0.25, 0.3) is 0 Å². The Morgan fingerprint density at radius 1 is 1.00 bits per heavy atom. The highest BCUT2D eigenvalue weighted by molar-refractivity contribution is 5.89. The van der Waals surface area contributed by atoms with Gasteiger partial charge in [-0.25, -0.2) is 0 Å². The number of benzene rings is 2. The standard InChI is InChI=1S/C20H24N2O3/c1-20(2,19(21)24)22-18(23)13-10-15-8-11-17(12-9-15)25-14-16-6-4-3-5-7-16/h3-9,11-12H,10,13-14H2,1-2H3,(H2,21,24)(H,22,23). The molecule has 0 aromatic heterocycles. The van der Waals surface area contributed by atoms with Crippen LogP contribution in [0.3, 0.4) is 0 Å². The van der Waals surface area contributed by atoms with Gasteiger partial charge < -0.3 is 15.8 Å². The molecule has 2 aromatic rings. The number of hydrogen-bond donors (Lipinski definition) is 2. The lowest BCUT2D eigenvalue weighted by atomic mass is 10.0. The van der Waals surface area contributed by atoms with Crippen molar-refractivity contribution >= 4 is 11.8 Å². The Kier molecular flexibility index (Phi) is 6.17. The minimum absolute atomic E-state index is 0.201. The van der Waals surface area contributed by atoms with Crippen molar-refractivity contribution in [2.75, 3.05) is 0 Å². The number of nitrogens with two attached hydrogens (primary N) is 1. The molecule has 2 aromatic carbocycles. The average Bonchev–Trinajstić information content (AvgIpc) is 2.59. The minimum atomic E-state index is -1.04. The van der Waals surface area contributed by atoms with Crippen LogP contribution in [-0.2, 0) is 22.6 Å². The second-order valence-corrected chi connectivity index (χ2v) is 6.46. The van der Waals surface area contributed by atoms with E-state index in [1.807, 2.05) is 54.6 Å². The maximum atomic E-state index is 11.9. The zero-order chi connectivity index (χ0) is 18.3. The van der Waals surface area contributed by atoms with E-state index in [9.17, 15) is 9.59 Å². The summed E-state index contributed by atoms with van der Waals surface area (Å²) in [5.74, 6) is 0.0286. The van der Waals surface area contributed by atoms with Gasteiger partial charge in [0.2, 0.25) is 11.8 Å². The van der Waals surface area contributed by atoms with Crippen molar-refractivity contribution in [1.29, 1.82) is 0 Å². The Morgan fingerprint density at radius 2 is 1.64 bits per heavy atom. The van der Waals surface area contributed by atoms with Crippen molar-refractivity contribution in [2.24, 2.45) is 5.73 Å². The lowest BCUT2D eigenvalue weighted by molar-refractivity contribution is -0.130. The van der Waals surface area contributed by atoms with Gasteiger partial charge in [-0.15, -0.1) is 0 Å². The first kappa shape index (κ1) is 18.5. The van der Waals surface area contributed by atoms with E-state index < -0.39 is 11.4 Å². The Labute approximate surface area is 148 Å². The molecular formula is C20H24N2O3. The molecule has 2 rings (SSSR count). The summed E-state index contributed by atoms with van der Waals surface area (Å²) < 4.78 is 5.73. The molecule has 5 nitrogen and oxygen atoms in total. The molecule has 132 valence electrons. The number of ether oxygens (including phenoxy) is 1. The summed E-state index contributed by atoms with van der Waals surface area (Å²) in [6.07, 6.45) is 0.876. The van der Waals surface area contributed by atoms with Crippen molar-refractivity contribution in [3.8, 4) is 5.75 Å². The number of amides is 2. The fourth-order valence-electron chi connectivity index (χ4n) is 2.22. The largest absolute Gasteiger partial charge is 0.489 e. The van der Waals surface area contributed by atoms with Crippen LogP contribution in [0.5, 0.6) is 5.75 Å². The molecule has 0 saturated heterocycles. The van der Waals surface area contributed by atoms with E-state index in [0.29, 0.717) is 19.4 Å². The number of primary amides is 1. The lowest BCUT2D eigenvalue weighted by Gasteiger charge is -2.22. The quantitative estimate of drug-likeness (QED) is 0.775. The predicted octanol–water partition coefficient (Wildman–Crippen LogP) is 2.58. The summed E-state index contributed by atoms with van der Waals surface area (Å²) in [4.78, 5) is 23.1. The molecule has 25 heavy (non-hydrogen) atoms. The van der Waals surface area contributed by atoms with Crippen molar-refractivity contribution in [1.82, 2.24) is 5.32 Å². The molecule has 0 unspecified atom stereocenters. The fourth-order valence-corrected chi connectivity index (χ4v) is 2.22. The van der Waals surface area contributed by atoms with Gasteiger partial charge in [-0.1, -0.05) is 42.5 Å². The SMILES string of the molecule is CC(C)(NC(=O)CCc1ccc(OCc2ccccc2)cc1)C(N)=O. The highest BCUT2D eigenvalue weighted by Crippen LogP contribution is 2.15. The summed E-state index contributed by atoms with van der Waals surface area (Å²) in [6.45, 7) is 3.70. The highest BCUT2D eigenvalue weighted by Gasteiger charge is 2.26. The van der Waals surface area contributed by atoms with Crippen LogP contribution in [0.1, 0.15) is 31.4 Å². The predicted molar refractivity (Wildman–Crippen MR) is 97.0 cm³/mol. The number of hydrogen-bond acceptors (Lipinski definition) is 3. The average molecular weight is 340 g/mol. The van der Waals surface area contributed by atoms with Crippen LogP contribution in [0.2, 0.25) is 0 Å². The summed E-state index contributed by atoms with van der Waals surface area (Å²) in [6, 6.07) is 17.6. The van der Waals surface area contributed by atoms with E-state index in [-0.39, 0.29) is 5.91 Å². The van der Waals surface area contributed by atoms with Crippen LogP contribution in [0.15, 0.2) is 54.6 Å². The first-order chi connectivity index (χ1) is 11.9. The zero-order valence-corrected chi connectivity index (χ0v) is 14.6. The minimum Gasteiger partial charge on any atom is -0.489 e. The summed E-state index contributed by atoms with van der Waals surface area (Å²) >= 11 is 0. The molecule has 0 aliphatic heterocycles. The first-order valence-corrected chi connectivity index (χ1v) is 8.23. The Morgan fingerprint density at radius 3 is 2.24 bits per heavy atom. The van der Waals surface area contributed by atoms with Gasteiger partial charge in [0.25, 0.3) is 0 Å². The maximum Gasteiger partial charge on any atom is 0.242 e. The molecule has 5 heteroatoms. The van der Waals surface area contributed by atoms with Crippen LogP contribution in [0.4, 0.5) is 0 Å². The fraction of sp³-hybridized carbons (Fsp3) is 0.300. The highest BCUT2D eigenvalue weighted by atomic mass is 16.5. The van der Waals surface area contributed by atoms with Gasteiger partial charge in [0, 0.05) is 6.42 Å². The number of carbonyl (C=O) groups is 2. The van der Waals surface area contributed by atoms with Gasteiger partial charge in [-0.3, -0.25) is 9.59 Å². The molecule has 0 aliphatic rings. The van der Waals surface area contributed by atoms with Crippen molar-refractivity contribution in [2.45, 2.75) is 38.8 Å².